The number of H-pyrrole nitrogens is 1. The first-order valence-corrected chi connectivity index (χ1v) is 9.71. The first-order chi connectivity index (χ1) is 14.2. The fourth-order valence-electron chi connectivity index (χ4n) is 3.86. The summed E-state index contributed by atoms with van der Waals surface area (Å²) in [4.78, 5) is 26.4. The lowest BCUT2D eigenvalue weighted by Gasteiger charge is -2.25. The van der Waals surface area contributed by atoms with E-state index in [1.54, 1.807) is 12.4 Å². The number of hydrogen-bond donors (Lipinski definition) is 2. The highest BCUT2D eigenvalue weighted by molar-refractivity contribution is 6.04. The summed E-state index contributed by atoms with van der Waals surface area (Å²) in [6.07, 6.45) is 8.02. The number of hydrogen-bond acceptors (Lipinski definition) is 5. The smallest absolute Gasteiger partial charge is 0.272 e. The third-order valence-corrected chi connectivity index (χ3v) is 5.34. The van der Waals surface area contributed by atoms with Crippen LogP contribution < -0.4 is 5.32 Å². The molecule has 1 aromatic carbocycles. The van der Waals surface area contributed by atoms with Gasteiger partial charge in [-0.3, -0.25) is 14.9 Å². The third-order valence-electron chi connectivity index (χ3n) is 5.34. The highest BCUT2D eigenvalue weighted by atomic mass is 16.2. The van der Waals surface area contributed by atoms with Crippen LogP contribution in [0.4, 0.5) is 0 Å². The highest BCUT2D eigenvalue weighted by Gasteiger charge is 2.26. The van der Waals surface area contributed by atoms with E-state index in [1.807, 2.05) is 43.5 Å². The van der Waals surface area contributed by atoms with Gasteiger partial charge in [-0.05, 0) is 50.5 Å². The number of amides is 1. The molecule has 1 aliphatic rings. The van der Waals surface area contributed by atoms with E-state index in [9.17, 15) is 4.79 Å². The maximum atomic E-state index is 13.0. The molecule has 0 bridgehead atoms. The predicted octanol–water partition coefficient (Wildman–Crippen LogP) is 3.53. The number of carbonyl (C=O) groups is 1. The Morgan fingerprint density at radius 3 is 3.03 bits per heavy atom. The molecule has 0 saturated heterocycles. The molecule has 29 heavy (non-hydrogen) atoms. The van der Waals surface area contributed by atoms with Gasteiger partial charge in [-0.25, -0.2) is 9.97 Å². The molecule has 0 unspecified atom stereocenters. The summed E-state index contributed by atoms with van der Waals surface area (Å²) in [5.41, 5.74) is 5.22. The lowest BCUT2D eigenvalue weighted by Crippen LogP contribution is -2.32. The quantitative estimate of drug-likeness (QED) is 0.563. The van der Waals surface area contributed by atoms with E-state index < -0.39 is 0 Å². The van der Waals surface area contributed by atoms with Gasteiger partial charge in [-0.15, -0.1) is 0 Å². The number of rotatable bonds is 3. The number of nitrogens with one attached hydrogen (secondary N) is 2. The average Bonchev–Trinajstić information content (AvgIpc) is 3.17. The predicted molar refractivity (Wildman–Crippen MR) is 109 cm³/mol. The molecular formula is C22H20N6O. The second-order valence-electron chi connectivity index (χ2n) is 7.38. The van der Waals surface area contributed by atoms with Crippen LogP contribution in [0.25, 0.3) is 22.3 Å². The number of carbonyl (C=O) groups excluding carboxylic acids is 1. The minimum absolute atomic E-state index is 0.120. The molecule has 3 aromatic heterocycles. The molecule has 3 heterocycles. The van der Waals surface area contributed by atoms with Crippen LogP contribution in [0.15, 0.2) is 48.9 Å². The molecule has 0 aliphatic heterocycles. The molecule has 2 N–H and O–H groups in total. The number of pyridine rings is 1. The van der Waals surface area contributed by atoms with Gasteiger partial charge in [-0.2, -0.15) is 5.10 Å². The Labute approximate surface area is 167 Å². The van der Waals surface area contributed by atoms with Crippen molar-refractivity contribution in [1.82, 2.24) is 30.5 Å². The standard InChI is InChI=1S/C22H20N6O/c1-13-7-8-19-15(10-13)20(28-27-19)22(29)26-18-6-2-5-17-16(18)12-24-21(25-17)14-4-3-9-23-11-14/h3-4,7-12,18H,2,5-6H2,1H3,(H,26,29)(H,27,28)/t18-/m0/s1. The van der Waals surface area contributed by atoms with E-state index in [-0.39, 0.29) is 11.9 Å². The molecule has 7 heteroatoms. The van der Waals surface area contributed by atoms with Gasteiger partial charge in [0.05, 0.1) is 11.6 Å². The zero-order valence-electron chi connectivity index (χ0n) is 16.0. The van der Waals surface area contributed by atoms with Crippen LogP contribution in [0.2, 0.25) is 0 Å². The fraction of sp³-hybridized carbons (Fsp3) is 0.227. The number of aromatic nitrogens is 5. The second kappa shape index (κ2) is 7.09. The molecule has 0 radical (unpaired) electrons. The van der Waals surface area contributed by atoms with Crippen molar-refractivity contribution in [1.29, 1.82) is 0 Å². The van der Waals surface area contributed by atoms with Gasteiger partial charge in [0.15, 0.2) is 11.5 Å². The molecule has 0 saturated carbocycles. The van der Waals surface area contributed by atoms with Crippen LogP contribution in [-0.2, 0) is 6.42 Å². The zero-order valence-corrected chi connectivity index (χ0v) is 16.0. The summed E-state index contributed by atoms with van der Waals surface area (Å²) in [7, 11) is 0. The number of nitrogens with zero attached hydrogens (tertiary/aromatic N) is 4. The lowest BCUT2D eigenvalue weighted by atomic mass is 9.92. The topological polar surface area (TPSA) is 96.5 Å². The first kappa shape index (κ1) is 17.5. The van der Waals surface area contributed by atoms with Gasteiger partial charge in [-0.1, -0.05) is 11.6 Å². The van der Waals surface area contributed by atoms with Crippen LogP contribution in [0.3, 0.4) is 0 Å². The van der Waals surface area contributed by atoms with Crippen LogP contribution in [-0.4, -0.2) is 31.1 Å². The Balaban J connectivity index is 1.43. The maximum Gasteiger partial charge on any atom is 0.272 e. The monoisotopic (exact) mass is 384 g/mol. The first-order valence-electron chi connectivity index (χ1n) is 9.71. The van der Waals surface area contributed by atoms with Gasteiger partial charge in [0.2, 0.25) is 0 Å². The van der Waals surface area contributed by atoms with Crippen molar-refractivity contribution in [3.05, 3.63) is 71.4 Å². The molecular weight excluding hydrogens is 364 g/mol. The van der Waals surface area contributed by atoms with Crippen molar-refractivity contribution in [2.75, 3.05) is 0 Å². The van der Waals surface area contributed by atoms with E-state index in [0.717, 1.165) is 52.5 Å². The molecule has 1 aliphatic carbocycles. The summed E-state index contributed by atoms with van der Waals surface area (Å²) in [6, 6.07) is 9.62. The zero-order chi connectivity index (χ0) is 19.8. The SMILES string of the molecule is Cc1ccc2[nH]nc(C(=O)N[C@H]3CCCc4nc(-c5cccnc5)ncc43)c2c1. The maximum absolute atomic E-state index is 13.0. The molecule has 1 atom stereocenters. The van der Waals surface area contributed by atoms with Crippen molar-refractivity contribution >= 4 is 16.8 Å². The summed E-state index contributed by atoms with van der Waals surface area (Å²) >= 11 is 0. The minimum Gasteiger partial charge on any atom is -0.344 e. The van der Waals surface area contributed by atoms with E-state index >= 15 is 0 Å². The van der Waals surface area contributed by atoms with Crippen LogP contribution in [0.5, 0.6) is 0 Å². The number of aromatic amines is 1. The van der Waals surface area contributed by atoms with E-state index in [0.29, 0.717) is 11.5 Å². The normalized spacial score (nSPS) is 15.8. The molecule has 7 nitrogen and oxygen atoms in total. The van der Waals surface area contributed by atoms with Crippen LogP contribution >= 0.6 is 0 Å². The van der Waals surface area contributed by atoms with Crippen molar-refractivity contribution < 1.29 is 4.79 Å². The molecule has 0 fully saturated rings. The number of fused-ring (bicyclic) bond motifs is 2. The summed E-state index contributed by atoms with van der Waals surface area (Å²) in [5, 5.41) is 11.1. The molecule has 144 valence electrons. The van der Waals surface area contributed by atoms with Crippen molar-refractivity contribution in [2.45, 2.75) is 32.2 Å². The van der Waals surface area contributed by atoms with Gasteiger partial charge < -0.3 is 5.32 Å². The second-order valence-corrected chi connectivity index (χ2v) is 7.38. The molecule has 5 rings (SSSR count). The third kappa shape index (κ3) is 3.24. The highest BCUT2D eigenvalue weighted by Crippen LogP contribution is 2.30. The Morgan fingerprint density at radius 2 is 2.17 bits per heavy atom. The Bertz CT molecular complexity index is 1200. The van der Waals surface area contributed by atoms with Gasteiger partial charge in [0.1, 0.15) is 0 Å². The molecule has 4 aromatic rings. The van der Waals surface area contributed by atoms with E-state index in [2.05, 4.69) is 25.5 Å². The largest absolute Gasteiger partial charge is 0.344 e. The van der Waals surface area contributed by atoms with Gasteiger partial charge in [0.25, 0.3) is 5.91 Å². The number of benzene rings is 1. The fourth-order valence-corrected chi connectivity index (χ4v) is 3.86. The molecule has 1 amide bonds. The Hall–Kier alpha value is -3.61. The van der Waals surface area contributed by atoms with E-state index in [4.69, 9.17) is 4.98 Å². The summed E-state index contributed by atoms with van der Waals surface area (Å²) in [5.74, 6) is 0.480. The van der Waals surface area contributed by atoms with Crippen molar-refractivity contribution in [3.8, 4) is 11.4 Å². The van der Waals surface area contributed by atoms with Gasteiger partial charge in [0, 0.05) is 40.8 Å². The summed E-state index contributed by atoms with van der Waals surface area (Å²) < 4.78 is 0. The van der Waals surface area contributed by atoms with Crippen LogP contribution in [0, 0.1) is 6.92 Å². The Morgan fingerprint density at radius 1 is 1.24 bits per heavy atom. The van der Waals surface area contributed by atoms with Crippen LogP contribution in [0.1, 0.15) is 46.2 Å². The lowest BCUT2D eigenvalue weighted by molar-refractivity contribution is 0.0929. The van der Waals surface area contributed by atoms with Crippen molar-refractivity contribution in [3.63, 3.8) is 0 Å². The van der Waals surface area contributed by atoms with Crippen molar-refractivity contribution in [2.24, 2.45) is 0 Å². The number of aryl methyl sites for hydroxylation is 2. The van der Waals surface area contributed by atoms with E-state index in [1.165, 1.54) is 0 Å². The Kier molecular flexibility index (Phi) is 4.27. The molecule has 0 spiro atoms. The minimum atomic E-state index is -0.184. The average molecular weight is 384 g/mol. The van der Waals surface area contributed by atoms with Gasteiger partial charge >= 0.3 is 0 Å². The summed E-state index contributed by atoms with van der Waals surface area (Å²) in [6.45, 7) is 2.00.